The smallest absolute Gasteiger partial charge is 0.261 e. The third-order valence-electron chi connectivity index (χ3n) is 3.82. The van der Waals surface area contributed by atoms with E-state index < -0.39 is 0 Å². The Kier molecular flexibility index (Phi) is 6.37. The van der Waals surface area contributed by atoms with Crippen LogP contribution in [-0.4, -0.2) is 25.0 Å². The van der Waals surface area contributed by atoms with Gasteiger partial charge in [-0.25, -0.2) is 0 Å². The fourth-order valence-electron chi connectivity index (χ4n) is 2.72. The second-order valence-electron chi connectivity index (χ2n) is 5.36. The standard InChI is InChI=1S/C15H24N2OS/c18-15(14-9-6-12-19-14)17-11-10-16-13-7-4-2-1-3-5-8-13/h6,9,12-13,16H,1-5,7-8,10-11H2,(H,17,18)/p+1. The van der Waals surface area contributed by atoms with Crippen molar-refractivity contribution in [3.05, 3.63) is 22.4 Å². The van der Waals surface area contributed by atoms with Crippen LogP contribution in [0.1, 0.15) is 54.6 Å². The maximum atomic E-state index is 11.7. The molecule has 1 fully saturated rings. The Morgan fingerprint density at radius 1 is 1.26 bits per heavy atom. The van der Waals surface area contributed by atoms with Crippen LogP contribution in [0, 0.1) is 0 Å². The normalized spacial score (nSPS) is 17.7. The van der Waals surface area contributed by atoms with Gasteiger partial charge in [0.1, 0.15) is 0 Å². The van der Waals surface area contributed by atoms with Crippen LogP contribution >= 0.6 is 11.3 Å². The quantitative estimate of drug-likeness (QED) is 0.798. The van der Waals surface area contributed by atoms with Gasteiger partial charge in [-0.2, -0.15) is 0 Å². The zero-order valence-electron chi connectivity index (χ0n) is 11.6. The van der Waals surface area contributed by atoms with Gasteiger partial charge in [-0.15, -0.1) is 11.3 Å². The molecule has 4 heteroatoms. The van der Waals surface area contributed by atoms with Gasteiger partial charge in [0.15, 0.2) is 0 Å². The summed E-state index contributed by atoms with van der Waals surface area (Å²) in [6, 6.07) is 4.57. The van der Waals surface area contributed by atoms with Gasteiger partial charge in [0, 0.05) is 0 Å². The highest BCUT2D eigenvalue weighted by Crippen LogP contribution is 2.14. The van der Waals surface area contributed by atoms with E-state index in [1.807, 2.05) is 17.5 Å². The highest BCUT2D eigenvalue weighted by Gasteiger charge is 2.13. The van der Waals surface area contributed by atoms with Crippen LogP contribution in [0.2, 0.25) is 0 Å². The zero-order valence-corrected chi connectivity index (χ0v) is 12.4. The van der Waals surface area contributed by atoms with Gasteiger partial charge in [-0.1, -0.05) is 25.3 Å². The predicted octanol–water partition coefficient (Wildman–Crippen LogP) is 2.15. The molecule has 0 spiro atoms. The monoisotopic (exact) mass is 281 g/mol. The van der Waals surface area contributed by atoms with Crippen molar-refractivity contribution in [2.45, 2.75) is 51.0 Å². The van der Waals surface area contributed by atoms with Crippen molar-refractivity contribution in [2.24, 2.45) is 0 Å². The lowest BCUT2D eigenvalue weighted by molar-refractivity contribution is -0.689. The molecular formula is C15H25N2OS+. The second-order valence-corrected chi connectivity index (χ2v) is 6.31. The minimum absolute atomic E-state index is 0.0704. The molecule has 3 nitrogen and oxygen atoms in total. The molecular weight excluding hydrogens is 256 g/mol. The summed E-state index contributed by atoms with van der Waals surface area (Å²) in [5.74, 6) is 0.0704. The van der Waals surface area contributed by atoms with Gasteiger partial charge >= 0.3 is 0 Å². The first kappa shape index (κ1) is 14.5. The van der Waals surface area contributed by atoms with Crippen molar-refractivity contribution in [3.63, 3.8) is 0 Å². The van der Waals surface area contributed by atoms with Crippen LogP contribution in [0.4, 0.5) is 0 Å². The van der Waals surface area contributed by atoms with E-state index in [0.29, 0.717) is 0 Å². The molecule has 1 aromatic rings. The van der Waals surface area contributed by atoms with Gasteiger partial charge in [-0.05, 0) is 37.1 Å². The molecule has 0 unspecified atom stereocenters. The van der Waals surface area contributed by atoms with Crippen molar-refractivity contribution in [1.82, 2.24) is 5.32 Å². The fraction of sp³-hybridized carbons (Fsp3) is 0.667. The van der Waals surface area contributed by atoms with Crippen LogP contribution in [0.15, 0.2) is 17.5 Å². The predicted molar refractivity (Wildman–Crippen MR) is 79.6 cm³/mol. The molecule has 1 aliphatic rings. The summed E-state index contributed by atoms with van der Waals surface area (Å²) < 4.78 is 0. The van der Waals surface area contributed by atoms with Crippen LogP contribution in [0.3, 0.4) is 0 Å². The molecule has 0 saturated heterocycles. The number of carbonyl (C=O) groups excluding carboxylic acids is 1. The van der Waals surface area contributed by atoms with E-state index >= 15 is 0 Å². The molecule has 0 atom stereocenters. The van der Waals surface area contributed by atoms with E-state index in [1.54, 1.807) is 0 Å². The summed E-state index contributed by atoms with van der Waals surface area (Å²) in [6.07, 6.45) is 9.67. The van der Waals surface area contributed by atoms with Crippen molar-refractivity contribution in [3.8, 4) is 0 Å². The molecule has 0 radical (unpaired) electrons. The number of carbonyl (C=O) groups is 1. The van der Waals surface area contributed by atoms with E-state index in [2.05, 4.69) is 10.6 Å². The van der Waals surface area contributed by atoms with E-state index in [0.717, 1.165) is 24.0 Å². The van der Waals surface area contributed by atoms with Crippen molar-refractivity contribution >= 4 is 17.2 Å². The number of nitrogens with one attached hydrogen (secondary N) is 1. The van der Waals surface area contributed by atoms with Gasteiger partial charge in [-0.3, -0.25) is 4.79 Å². The molecule has 1 aromatic heterocycles. The average Bonchev–Trinajstić information content (AvgIpc) is 2.90. The summed E-state index contributed by atoms with van der Waals surface area (Å²) in [6.45, 7) is 1.77. The summed E-state index contributed by atoms with van der Waals surface area (Å²) >= 11 is 1.50. The third kappa shape index (κ3) is 5.33. The molecule has 1 amide bonds. The number of thiophene rings is 1. The molecule has 0 aliphatic heterocycles. The molecule has 1 heterocycles. The van der Waals surface area contributed by atoms with Gasteiger partial charge in [0.05, 0.1) is 24.0 Å². The Balaban J connectivity index is 1.59. The maximum Gasteiger partial charge on any atom is 0.261 e. The molecule has 3 N–H and O–H groups in total. The third-order valence-corrected chi connectivity index (χ3v) is 4.69. The molecule has 0 aromatic carbocycles. The van der Waals surface area contributed by atoms with E-state index in [9.17, 15) is 4.79 Å². The van der Waals surface area contributed by atoms with Crippen molar-refractivity contribution < 1.29 is 10.1 Å². The first-order chi connectivity index (χ1) is 9.36. The fourth-order valence-corrected chi connectivity index (χ4v) is 3.36. The first-order valence-corrected chi connectivity index (χ1v) is 8.39. The number of rotatable bonds is 5. The summed E-state index contributed by atoms with van der Waals surface area (Å²) in [5.41, 5.74) is 0. The van der Waals surface area contributed by atoms with Crippen LogP contribution in [0.25, 0.3) is 0 Å². The lowest BCUT2D eigenvalue weighted by Crippen LogP contribution is -2.91. The molecule has 19 heavy (non-hydrogen) atoms. The van der Waals surface area contributed by atoms with E-state index in [-0.39, 0.29) is 5.91 Å². The Bertz CT molecular complexity index is 356. The first-order valence-electron chi connectivity index (χ1n) is 7.51. The number of quaternary nitrogens is 1. The molecule has 1 aliphatic carbocycles. The Hall–Kier alpha value is -0.870. The lowest BCUT2D eigenvalue weighted by atomic mass is 9.97. The van der Waals surface area contributed by atoms with Crippen molar-refractivity contribution in [1.29, 1.82) is 0 Å². The average molecular weight is 281 g/mol. The number of hydrogen-bond acceptors (Lipinski definition) is 2. The summed E-state index contributed by atoms with van der Waals surface area (Å²) in [5, 5.41) is 7.36. The summed E-state index contributed by atoms with van der Waals surface area (Å²) in [7, 11) is 0. The number of amides is 1. The Morgan fingerprint density at radius 3 is 2.68 bits per heavy atom. The summed E-state index contributed by atoms with van der Waals surface area (Å²) in [4.78, 5) is 12.6. The Labute approximate surface area is 119 Å². The molecule has 0 bridgehead atoms. The molecule has 1 saturated carbocycles. The largest absolute Gasteiger partial charge is 0.346 e. The zero-order chi connectivity index (χ0) is 13.3. The van der Waals surface area contributed by atoms with Crippen LogP contribution < -0.4 is 10.6 Å². The highest BCUT2D eigenvalue weighted by molar-refractivity contribution is 7.12. The minimum atomic E-state index is 0.0704. The second kappa shape index (κ2) is 8.33. The highest BCUT2D eigenvalue weighted by atomic mass is 32.1. The van der Waals surface area contributed by atoms with Gasteiger partial charge in [0.25, 0.3) is 5.91 Å². The number of hydrogen-bond donors (Lipinski definition) is 2. The topological polar surface area (TPSA) is 45.7 Å². The van der Waals surface area contributed by atoms with Gasteiger partial charge in [0.2, 0.25) is 0 Å². The van der Waals surface area contributed by atoms with Gasteiger partial charge < -0.3 is 10.6 Å². The van der Waals surface area contributed by atoms with E-state index in [1.165, 1.54) is 56.3 Å². The maximum absolute atomic E-state index is 11.7. The Morgan fingerprint density at radius 2 is 2.00 bits per heavy atom. The lowest BCUT2D eigenvalue weighted by Gasteiger charge is -2.18. The van der Waals surface area contributed by atoms with Crippen molar-refractivity contribution in [2.75, 3.05) is 13.1 Å². The van der Waals surface area contributed by atoms with Crippen LogP contribution in [0.5, 0.6) is 0 Å². The van der Waals surface area contributed by atoms with E-state index in [4.69, 9.17) is 0 Å². The molecule has 106 valence electrons. The van der Waals surface area contributed by atoms with Crippen LogP contribution in [-0.2, 0) is 0 Å². The minimum Gasteiger partial charge on any atom is -0.346 e. The number of nitrogens with two attached hydrogens (primary N) is 1. The SMILES string of the molecule is O=C(NCC[NH2+]C1CCCCCCC1)c1cccs1. The molecule has 2 rings (SSSR count).